The zero-order valence-electron chi connectivity index (χ0n) is 30.7. The van der Waals surface area contributed by atoms with Crippen LogP contribution in [-0.4, -0.2) is 32.7 Å². The maximum atomic E-state index is 13.2. The summed E-state index contributed by atoms with van der Waals surface area (Å²) in [6.07, 6.45) is 4.16. The van der Waals surface area contributed by atoms with Gasteiger partial charge in [-0.1, -0.05) is 49.4 Å². The minimum Gasteiger partial charge on any atom is -0.497 e. The molecular formula is C45H41F2N5O3. The van der Waals surface area contributed by atoms with Gasteiger partial charge in [-0.3, -0.25) is 0 Å². The van der Waals surface area contributed by atoms with Crippen LogP contribution in [0.3, 0.4) is 0 Å². The normalized spacial score (nSPS) is 12.8. The lowest BCUT2D eigenvalue weighted by atomic mass is 10.0. The van der Waals surface area contributed by atoms with Gasteiger partial charge < -0.3 is 19.9 Å². The number of aromatic nitrogens is 4. The van der Waals surface area contributed by atoms with Gasteiger partial charge in [0.15, 0.2) is 0 Å². The lowest BCUT2D eigenvalue weighted by Gasteiger charge is -2.23. The van der Waals surface area contributed by atoms with Crippen molar-refractivity contribution in [3.8, 4) is 28.6 Å². The number of halogens is 2. The Hall–Kier alpha value is -6.52. The van der Waals surface area contributed by atoms with Crippen LogP contribution in [0.2, 0.25) is 0 Å². The van der Waals surface area contributed by atoms with E-state index in [4.69, 9.17) is 19.9 Å². The molecule has 0 aliphatic heterocycles. The Kier molecular flexibility index (Phi) is 11.1. The van der Waals surface area contributed by atoms with Crippen LogP contribution in [0.5, 0.6) is 17.2 Å². The average Bonchev–Trinajstić information content (AvgIpc) is 3.84. The van der Waals surface area contributed by atoms with E-state index in [1.165, 1.54) is 24.3 Å². The largest absolute Gasteiger partial charge is 0.497 e. The molecule has 0 spiro atoms. The van der Waals surface area contributed by atoms with E-state index in [0.717, 1.165) is 62.2 Å². The summed E-state index contributed by atoms with van der Waals surface area (Å²) in [5.74, 6) is 1.77. The van der Waals surface area contributed by atoms with Crippen LogP contribution >= 0.6 is 0 Å². The van der Waals surface area contributed by atoms with Crippen molar-refractivity contribution in [2.45, 2.75) is 38.5 Å². The van der Waals surface area contributed by atoms with Crippen LogP contribution in [0, 0.1) is 11.6 Å². The molecule has 3 atom stereocenters. The first-order chi connectivity index (χ1) is 26.8. The zero-order chi connectivity index (χ0) is 38.3. The van der Waals surface area contributed by atoms with E-state index in [1.54, 1.807) is 53.1 Å². The van der Waals surface area contributed by atoms with Crippen molar-refractivity contribution in [3.05, 3.63) is 175 Å². The molecule has 0 radical (unpaired) electrons. The maximum absolute atomic E-state index is 13.2. The van der Waals surface area contributed by atoms with E-state index in [1.807, 2.05) is 85.8 Å². The molecule has 0 fully saturated rings. The Labute approximate surface area is 318 Å². The Balaban J connectivity index is 0.000000170. The average molecular weight is 738 g/mol. The van der Waals surface area contributed by atoms with Crippen LogP contribution in [0.1, 0.15) is 43.6 Å². The lowest BCUT2D eigenvalue weighted by molar-refractivity contribution is 0.180. The monoisotopic (exact) mass is 737 g/mol. The van der Waals surface area contributed by atoms with E-state index in [0.29, 0.717) is 5.75 Å². The first-order valence-corrected chi connectivity index (χ1v) is 18.0. The molecule has 8 aromatic rings. The molecule has 10 heteroatoms. The lowest BCUT2D eigenvalue weighted by Crippen LogP contribution is -2.29. The van der Waals surface area contributed by atoms with Crippen molar-refractivity contribution in [3.63, 3.8) is 0 Å². The zero-order valence-corrected chi connectivity index (χ0v) is 30.7. The molecule has 0 bridgehead atoms. The highest BCUT2D eigenvalue weighted by Crippen LogP contribution is 2.31. The maximum Gasteiger partial charge on any atom is 0.138 e. The molecule has 2 heterocycles. The molecule has 8 nitrogen and oxygen atoms in total. The van der Waals surface area contributed by atoms with Crippen molar-refractivity contribution < 1.29 is 23.0 Å². The van der Waals surface area contributed by atoms with Crippen molar-refractivity contribution in [1.29, 1.82) is 0 Å². The standard InChI is InChI=1S/C23H22FN3O2.C22H19FN2O/c1-15(25)23(16-3-9-20(28-2)10-4-16)29-21-11-12-22-17(13-21)14-26-27(22)19-7-5-18(24)6-8-19;1-2-22(16-6-4-3-5-7-16)26-20-12-13-21-17(14-20)15-24-25(21)19-10-8-18(23)9-11-19/h3-15,23H,25H2,1-2H3;3-15,22H,2H2,1H3/t15-,23-;22-/m00/s1. The molecule has 6 aromatic carbocycles. The van der Waals surface area contributed by atoms with Gasteiger partial charge >= 0.3 is 0 Å². The number of benzene rings is 6. The smallest absolute Gasteiger partial charge is 0.138 e. The van der Waals surface area contributed by atoms with Gasteiger partial charge in [0.2, 0.25) is 0 Å². The van der Waals surface area contributed by atoms with Gasteiger partial charge in [-0.2, -0.15) is 10.2 Å². The van der Waals surface area contributed by atoms with Crippen LogP contribution in [0.4, 0.5) is 8.78 Å². The predicted molar refractivity (Wildman–Crippen MR) is 212 cm³/mol. The fourth-order valence-corrected chi connectivity index (χ4v) is 6.38. The van der Waals surface area contributed by atoms with Crippen molar-refractivity contribution >= 4 is 21.8 Å². The SMILES string of the molecule is CC[C@H](Oc1ccc2c(cnn2-c2ccc(F)cc2)c1)c1ccccc1.COc1ccc([C@@H](Oc2ccc3c(cnn3-c3ccc(F)cc3)c2)[C@H](C)N)cc1. The number of methoxy groups -OCH3 is 1. The number of nitrogens with two attached hydrogens (primary N) is 1. The Bertz CT molecular complexity index is 2460. The topological polar surface area (TPSA) is 89.4 Å². The number of rotatable bonds is 11. The second-order valence-electron chi connectivity index (χ2n) is 13.1. The van der Waals surface area contributed by atoms with Crippen LogP contribution in [0.25, 0.3) is 33.2 Å². The molecule has 55 heavy (non-hydrogen) atoms. The van der Waals surface area contributed by atoms with Crippen LogP contribution < -0.4 is 19.9 Å². The predicted octanol–water partition coefficient (Wildman–Crippen LogP) is 10.3. The van der Waals surface area contributed by atoms with E-state index in [2.05, 4.69) is 29.3 Å². The van der Waals surface area contributed by atoms with Gasteiger partial charge in [0, 0.05) is 16.8 Å². The molecule has 2 aromatic heterocycles. The second-order valence-corrected chi connectivity index (χ2v) is 13.1. The Morgan fingerprint density at radius 3 is 1.56 bits per heavy atom. The first kappa shape index (κ1) is 36.8. The van der Waals surface area contributed by atoms with Crippen molar-refractivity contribution in [2.24, 2.45) is 5.73 Å². The van der Waals surface area contributed by atoms with Gasteiger partial charge in [0.25, 0.3) is 0 Å². The third-order valence-corrected chi connectivity index (χ3v) is 9.23. The van der Waals surface area contributed by atoms with Gasteiger partial charge in [-0.15, -0.1) is 0 Å². The summed E-state index contributed by atoms with van der Waals surface area (Å²) in [5.41, 5.74) is 11.8. The number of hydrogen-bond acceptors (Lipinski definition) is 6. The number of ether oxygens (including phenoxy) is 3. The van der Waals surface area contributed by atoms with Gasteiger partial charge in [-0.25, -0.2) is 18.1 Å². The van der Waals surface area contributed by atoms with E-state index < -0.39 is 0 Å². The van der Waals surface area contributed by atoms with Gasteiger partial charge in [0.05, 0.1) is 41.9 Å². The van der Waals surface area contributed by atoms with Gasteiger partial charge in [-0.05, 0) is 122 Å². The summed E-state index contributed by atoms with van der Waals surface area (Å²) in [6.45, 7) is 4.03. The molecule has 0 saturated heterocycles. The van der Waals surface area contributed by atoms with E-state index in [9.17, 15) is 8.78 Å². The second kappa shape index (κ2) is 16.7. The molecular weight excluding hydrogens is 697 g/mol. The molecule has 2 N–H and O–H groups in total. The third kappa shape index (κ3) is 8.50. The van der Waals surface area contributed by atoms with E-state index >= 15 is 0 Å². The first-order valence-electron chi connectivity index (χ1n) is 18.0. The molecule has 0 aliphatic carbocycles. The number of nitrogens with zero attached hydrogens (tertiary/aromatic N) is 4. The highest BCUT2D eigenvalue weighted by molar-refractivity contribution is 5.82. The molecule has 0 amide bonds. The highest BCUT2D eigenvalue weighted by Gasteiger charge is 2.19. The summed E-state index contributed by atoms with van der Waals surface area (Å²) in [5, 5.41) is 10.8. The van der Waals surface area contributed by atoms with Crippen molar-refractivity contribution in [1.82, 2.24) is 19.6 Å². The summed E-state index contributed by atoms with van der Waals surface area (Å²) in [7, 11) is 1.63. The Morgan fingerprint density at radius 1 is 0.600 bits per heavy atom. The molecule has 278 valence electrons. The molecule has 8 rings (SSSR count). The fourth-order valence-electron chi connectivity index (χ4n) is 6.38. The Morgan fingerprint density at radius 2 is 1.09 bits per heavy atom. The third-order valence-electron chi connectivity index (χ3n) is 9.23. The summed E-state index contributed by atoms with van der Waals surface area (Å²) < 4.78 is 47.6. The quantitative estimate of drug-likeness (QED) is 0.142. The summed E-state index contributed by atoms with van der Waals surface area (Å²) in [4.78, 5) is 0. The fraction of sp³-hybridized carbons (Fsp3) is 0.156. The summed E-state index contributed by atoms with van der Waals surface area (Å²) >= 11 is 0. The van der Waals surface area contributed by atoms with Gasteiger partial charge in [0.1, 0.15) is 41.1 Å². The molecule has 0 saturated carbocycles. The molecule has 0 unspecified atom stereocenters. The van der Waals surface area contributed by atoms with Crippen LogP contribution in [-0.2, 0) is 0 Å². The van der Waals surface area contributed by atoms with Crippen molar-refractivity contribution in [2.75, 3.05) is 7.11 Å². The number of fused-ring (bicyclic) bond motifs is 2. The number of hydrogen-bond donors (Lipinski definition) is 1. The van der Waals surface area contributed by atoms with E-state index in [-0.39, 0.29) is 29.9 Å². The minimum absolute atomic E-state index is 0.0146. The molecule has 0 aliphatic rings. The minimum atomic E-state index is -0.300. The summed E-state index contributed by atoms with van der Waals surface area (Å²) in [6, 6.07) is 41.9. The highest BCUT2D eigenvalue weighted by atomic mass is 19.1. The van der Waals surface area contributed by atoms with Crippen LogP contribution in [0.15, 0.2) is 152 Å².